The number of aryl methyl sites for hydroxylation is 2. The highest BCUT2D eigenvalue weighted by Gasteiger charge is 2.42. The molecule has 2 atom stereocenters. The second-order valence-corrected chi connectivity index (χ2v) is 6.36. The summed E-state index contributed by atoms with van der Waals surface area (Å²) in [5, 5.41) is 1.24. The molecule has 1 aromatic rings. The minimum Gasteiger partial charge on any atom is -0.319 e. The largest absolute Gasteiger partial charge is 0.319 e. The van der Waals surface area contributed by atoms with Crippen LogP contribution >= 0.6 is 11.3 Å². The first-order valence-electron chi connectivity index (χ1n) is 6.52. The topological polar surface area (TPSA) is 38.9 Å². The predicted octanol–water partition coefficient (Wildman–Crippen LogP) is 3.00. The highest BCUT2D eigenvalue weighted by Crippen LogP contribution is 2.45. The van der Waals surface area contributed by atoms with Crippen molar-refractivity contribution in [2.24, 2.45) is 11.7 Å². The standard InChI is InChI=1S/C13H20N2S/c1-2-9-5-4-8-13(9,14)12-15-10-6-3-7-11(10)16-12/h9H,2-8,14H2,1H3. The number of aromatic nitrogens is 1. The Bertz CT molecular complexity index is 377. The molecule has 1 saturated carbocycles. The molecule has 2 nitrogen and oxygen atoms in total. The van der Waals surface area contributed by atoms with Crippen molar-refractivity contribution in [3.63, 3.8) is 0 Å². The van der Waals surface area contributed by atoms with E-state index in [2.05, 4.69) is 6.92 Å². The summed E-state index contributed by atoms with van der Waals surface area (Å²) in [7, 11) is 0. The van der Waals surface area contributed by atoms with E-state index in [4.69, 9.17) is 10.7 Å². The van der Waals surface area contributed by atoms with Crippen LogP contribution in [0.5, 0.6) is 0 Å². The van der Waals surface area contributed by atoms with Gasteiger partial charge in [-0.1, -0.05) is 19.8 Å². The van der Waals surface area contributed by atoms with Gasteiger partial charge in [0.1, 0.15) is 5.01 Å². The monoisotopic (exact) mass is 236 g/mol. The van der Waals surface area contributed by atoms with E-state index < -0.39 is 0 Å². The number of hydrogen-bond donors (Lipinski definition) is 1. The maximum atomic E-state index is 6.64. The molecule has 1 fully saturated rings. The maximum absolute atomic E-state index is 6.64. The number of nitrogens with zero attached hydrogens (tertiary/aromatic N) is 1. The zero-order chi connectivity index (χ0) is 11.2. The van der Waals surface area contributed by atoms with Crippen LogP contribution in [0.25, 0.3) is 0 Å². The minimum atomic E-state index is -0.0935. The molecule has 0 saturated heterocycles. The fourth-order valence-electron chi connectivity index (χ4n) is 3.34. The Morgan fingerprint density at radius 3 is 3.06 bits per heavy atom. The molecular formula is C13H20N2S. The average molecular weight is 236 g/mol. The number of rotatable bonds is 2. The van der Waals surface area contributed by atoms with Gasteiger partial charge >= 0.3 is 0 Å². The van der Waals surface area contributed by atoms with E-state index in [0.717, 1.165) is 6.42 Å². The molecule has 2 unspecified atom stereocenters. The number of fused-ring (bicyclic) bond motifs is 1. The molecule has 16 heavy (non-hydrogen) atoms. The Balaban J connectivity index is 1.95. The third kappa shape index (κ3) is 1.45. The Morgan fingerprint density at radius 2 is 2.31 bits per heavy atom. The van der Waals surface area contributed by atoms with Gasteiger partial charge in [-0.2, -0.15) is 0 Å². The highest BCUT2D eigenvalue weighted by atomic mass is 32.1. The molecule has 1 heterocycles. The van der Waals surface area contributed by atoms with E-state index in [0.29, 0.717) is 5.92 Å². The second-order valence-electron chi connectivity index (χ2n) is 5.28. The summed E-state index contributed by atoms with van der Waals surface area (Å²) in [6.45, 7) is 2.26. The molecule has 2 aliphatic carbocycles. The van der Waals surface area contributed by atoms with Crippen LogP contribution in [-0.2, 0) is 18.4 Å². The second kappa shape index (κ2) is 3.81. The van der Waals surface area contributed by atoms with Crippen molar-refractivity contribution in [1.29, 1.82) is 0 Å². The molecule has 0 amide bonds. The van der Waals surface area contributed by atoms with Crippen molar-refractivity contribution < 1.29 is 0 Å². The lowest BCUT2D eigenvalue weighted by Crippen LogP contribution is -2.40. The van der Waals surface area contributed by atoms with Crippen LogP contribution in [0, 0.1) is 5.92 Å². The van der Waals surface area contributed by atoms with E-state index >= 15 is 0 Å². The lowest BCUT2D eigenvalue weighted by Gasteiger charge is -2.28. The molecule has 2 aliphatic rings. The third-order valence-electron chi connectivity index (χ3n) is 4.36. The first-order valence-corrected chi connectivity index (χ1v) is 7.33. The summed E-state index contributed by atoms with van der Waals surface area (Å²) in [6, 6.07) is 0. The molecule has 0 radical (unpaired) electrons. The van der Waals surface area contributed by atoms with Gasteiger partial charge in [0.05, 0.1) is 11.2 Å². The first kappa shape index (κ1) is 10.7. The van der Waals surface area contributed by atoms with Crippen molar-refractivity contribution in [2.75, 3.05) is 0 Å². The van der Waals surface area contributed by atoms with E-state index in [-0.39, 0.29) is 5.54 Å². The lowest BCUT2D eigenvalue weighted by molar-refractivity contribution is 0.314. The predicted molar refractivity (Wildman–Crippen MR) is 67.6 cm³/mol. The summed E-state index contributed by atoms with van der Waals surface area (Å²) in [4.78, 5) is 6.35. The van der Waals surface area contributed by atoms with Crippen LogP contribution in [0.2, 0.25) is 0 Å². The van der Waals surface area contributed by atoms with Gasteiger partial charge < -0.3 is 5.73 Å². The molecule has 3 heteroatoms. The zero-order valence-electron chi connectivity index (χ0n) is 9.96. The maximum Gasteiger partial charge on any atom is 0.113 e. The Hall–Kier alpha value is -0.410. The number of thiazole rings is 1. The van der Waals surface area contributed by atoms with Gasteiger partial charge in [0.2, 0.25) is 0 Å². The molecular weight excluding hydrogens is 216 g/mol. The molecule has 2 N–H and O–H groups in total. The smallest absolute Gasteiger partial charge is 0.113 e. The van der Waals surface area contributed by atoms with Crippen molar-refractivity contribution in [3.8, 4) is 0 Å². The summed E-state index contributed by atoms with van der Waals surface area (Å²) < 4.78 is 0. The number of nitrogens with two attached hydrogens (primary N) is 1. The van der Waals surface area contributed by atoms with E-state index in [9.17, 15) is 0 Å². The van der Waals surface area contributed by atoms with Crippen molar-refractivity contribution in [1.82, 2.24) is 4.98 Å². The van der Waals surface area contributed by atoms with Gasteiger partial charge in [-0.15, -0.1) is 11.3 Å². The van der Waals surface area contributed by atoms with Gasteiger partial charge in [-0.05, 0) is 38.0 Å². The molecule has 3 rings (SSSR count). The SMILES string of the molecule is CCC1CCCC1(N)c1nc2c(s1)CCC2. The molecule has 0 bridgehead atoms. The summed E-state index contributed by atoms with van der Waals surface area (Å²) >= 11 is 1.90. The van der Waals surface area contributed by atoms with Crippen LogP contribution < -0.4 is 5.73 Å². The summed E-state index contributed by atoms with van der Waals surface area (Å²) in [5.74, 6) is 0.652. The van der Waals surface area contributed by atoms with Crippen molar-refractivity contribution in [2.45, 2.75) is 57.4 Å². The fraction of sp³-hybridized carbons (Fsp3) is 0.769. The van der Waals surface area contributed by atoms with Crippen LogP contribution in [0.1, 0.15) is 54.6 Å². The highest BCUT2D eigenvalue weighted by molar-refractivity contribution is 7.12. The normalized spacial score (nSPS) is 33.2. The van der Waals surface area contributed by atoms with Crippen LogP contribution in [0.3, 0.4) is 0 Å². The van der Waals surface area contributed by atoms with Gasteiger partial charge in [-0.3, -0.25) is 0 Å². The van der Waals surface area contributed by atoms with Crippen molar-refractivity contribution in [3.05, 3.63) is 15.6 Å². The Morgan fingerprint density at radius 1 is 1.44 bits per heavy atom. The quantitative estimate of drug-likeness (QED) is 0.857. The minimum absolute atomic E-state index is 0.0935. The number of hydrogen-bond acceptors (Lipinski definition) is 3. The Kier molecular flexibility index (Phi) is 2.55. The average Bonchev–Trinajstić information content (AvgIpc) is 2.89. The molecule has 0 aromatic carbocycles. The van der Waals surface area contributed by atoms with Crippen LogP contribution in [0.15, 0.2) is 0 Å². The van der Waals surface area contributed by atoms with Gasteiger partial charge in [0.15, 0.2) is 0 Å². The molecule has 0 spiro atoms. The first-order chi connectivity index (χ1) is 7.74. The molecule has 1 aromatic heterocycles. The Labute approximate surface area is 101 Å². The third-order valence-corrected chi connectivity index (χ3v) is 5.71. The summed E-state index contributed by atoms with van der Waals surface area (Å²) in [6.07, 6.45) is 8.61. The van der Waals surface area contributed by atoms with E-state index in [1.54, 1.807) is 0 Å². The van der Waals surface area contributed by atoms with Crippen LogP contribution in [0.4, 0.5) is 0 Å². The van der Waals surface area contributed by atoms with Gasteiger partial charge in [0.25, 0.3) is 0 Å². The van der Waals surface area contributed by atoms with E-state index in [1.165, 1.54) is 54.1 Å². The fourth-order valence-corrected chi connectivity index (χ4v) is 4.70. The van der Waals surface area contributed by atoms with Crippen LogP contribution in [-0.4, -0.2) is 4.98 Å². The zero-order valence-corrected chi connectivity index (χ0v) is 10.8. The lowest BCUT2D eigenvalue weighted by atomic mass is 9.87. The van der Waals surface area contributed by atoms with E-state index in [1.807, 2.05) is 11.3 Å². The molecule has 88 valence electrons. The van der Waals surface area contributed by atoms with Gasteiger partial charge in [0, 0.05) is 4.88 Å². The van der Waals surface area contributed by atoms with Crippen molar-refractivity contribution >= 4 is 11.3 Å². The van der Waals surface area contributed by atoms with Gasteiger partial charge in [-0.25, -0.2) is 4.98 Å². The summed E-state index contributed by atoms with van der Waals surface area (Å²) in [5.41, 5.74) is 7.90. The molecule has 0 aliphatic heterocycles.